The molecule has 0 atom stereocenters. The van der Waals surface area contributed by atoms with Crippen LogP contribution in [0.5, 0.6) is 0 Å². The van der Waals surface area contributed by atoms with Crippen LogP contribution in [-0.4, -0.2) is 12.3 Å². The maximum atomic E-state index is 5.21. The highest BCUT2D eigenvalue weighted by atomic mass is 16.3. The van der Waals surface area contributed by atoms with Crippen molar-refractivity contribution < 1.29 is 4.42 Å². The summed E-state index contributed by atoms with van der Waals surface area (Å²) < 4.78 is 5.21. The van der Waals surface area contributed by atoms with Gasteiger partial charge in [-0.2, -0.15) is 0 Å². The van der Waals surface area contributed by atoms with Crippen LogP contribution in [0.25, 0.3) is 0 Å². The van der Waals surface area contributed by atoms with Gasteiger partial charge in [0.25, 0.3) is 0 Å². The van der Waals surface area contributed by atoms with E-state index in [1.807, 2.05) is 12.1 Å². The van der Waals surface area contributed by atoms with Gasteiger partial charge in [0.15, 0.2) is 0 Å². The van der Waals surface area contributed by atoms with Crippen LogP contribution in [0.15, 0.2) is 27.8 Å². The molecule has 0 N–H and O–H groups in total. The lowest BCUT2D eigenvalue weighted by molar-refractivity contribution is 0.526. The first-order chi connectivity index (χ1) is 5.45. The molecule has 0 saturated carbocycles. The molecule has 58 valence electrons. The molecule has 1 aliphatic heterocycles. The molecule has 0 radical (unpaired) electrons. The summed E-state index contributed by atoms with van der Waals surface area (Å²) in [6.45, 7) is 1.01. The molecule has 2 heterocycles. The van der Waals surface area contributed by atoms with Gasteiger partial charge in [0, 0.05) is 18.7 Å². The van der Waals surface area contributed by atoms with E-state index < -0.39 is 0 Å². The average molecular weight is 149 g/mol. The highest BCUT2D eigenvalue weighted by molar-refractivity contribution is 5.87. The second-order valence-corrected chi connectivity index (χ2v) is 2.81. The van der Waals surface area contributed by atoms with Crippen molar-refractivity contribution in [2.45, 2.75) is 19.3 Å². The van der Waals surface area contributed by atoms with Crippen LogP contribution in [-0.2, 0) is 6.42 Å². The van der Waals surface area contributed by atoms with Crippen LogP contribution in [0.1, 0.15) is 18.6 Å². The lowest BCUT2D eigenvalue weighted by atomic mass is 10.2. The van der Waals surface area contributed by atoms with Gasteiger partial charge in [-0.05, 0) is 25.0 Å². The zero-order valence-electron chi connectivity index (χ0n) is 6.42. The van der Waals surface area contributed by atoms with Gasteiger partial charge >= 0.3 is 0 Å². The number of furan rings is 1. The van der Waals surface area contributed by atoms with Crippen molar-refractivity contribution in [1.82, 2.24) is 0 Å². The summed E-state index contributed by atoms with van der Waals surface area (Å²) in [6, 6.07) is 3.92. The quantitative estimate of drug-likeness (QED) is 0.631. The van der Waals surface area contributed by atoms with Crippen LogP contribution in [0.3, 0.4) is 0 Å². The van der Waals surface area contributed by atoms with Crippen molar-refractivity contribution in [3.05, 3.63) is 24.2 Å². The Morgan fingerprint density at radius 2 is 2.55 bits per heavy atom. The Labute approximate surface area is 65.9 Å². The van der Waals surface area contributed by atoms with Gasteiger partial charge in [-0.25, -0.2) is 0 Å². The van der Waals surface area contributed by atoms with Crippen molar-refractivity contribution in [3.63, 3.8) is 0 Å². The molecule has 1 aromatic rings. The molecule has 1 aromatic heterocycles. The highest BCUT2D eigenvalue weighted by Crippen LogP contribution is 2.10. The summed E-state index contributed by atoms with van der Waals surface area (Å²) in [5.41, 5.74) is 1.29. The minimum atomic E-state index is 0.910. The van der Waals surface area contributed by atoms with Gasteiger partial charge in [-0.3, -0.25) is 4.99 Å². The predicted octanol–water partition coefficient (Wildman–Crippen LogP) is 2.06. The van der Waals surface area contributed by atoms with Gasteiger partial charge in [-0.1, -0.05) is 0 Å². The number of aliphatic imine (C=N–C) groups is 1. The van der Waals surface area contributed by atoms with Crippen LogP contribution in [0, 0.1) is 0 Å². The second kappa shape index (κ2) is 2.91. The van der Waals surface area contributed by atoms with E-state index in [1.165, 1.54) is 12.1 Å². The normalized spacial score (nSPS) is 16.9. The molecule has 0 spiro atoms. The van der Waals surface area contributed by atoms with Gasteiger partial charge in [0.2, 0.25) is 0 Å². The van der Waals surface area contributed by atoms with E-state index in [0.717, 1.165) is 25.1 Å². The number of nitrogens with zero attached hydrogens (tertiary/aromatic N) is 1. The Kier molecular flexibility index (Phi) is 1.76. The van der Waals surface area contributed by atoms with Crippen molar-refractivity contribution in [2.24, 2.45) is 4.99 Å². The largest absolute Gasteiger partial charge is 0.469 e. The van der Waals surface area contributed by atoms with E-state index in [2.05, 4.69) is 4.99 Å². The third-order valence-corrected chi connectivity index (χ3v) is 1.92. The van der Waals surface area contributed by atoms with E-state index in [9.17, 15) is 0 Å². The summed E-state index contributed by atoms with van der Waals surface area (Å²) in [6.07, 6.45) is 4.99. The van der Waals surface area contributed by atoms with Crippen LogP contribution >= 0.6 is 0 Å². The molecule has 0 bridgehead atoms. The summed E-state index contributed by atoms with van der Waals surface area (Å²) in [4.78, 5) is 4.37. The zero-order valence-corrected chi connectivity index (χ0v) is 6.42. The molecule has 11 heavy (non-hydrogen) atoms. The van der Waals surface area contributed by atoms with Crippen molar-refractivity contribution in [3.8, 4) is 0 Å². The van der Waals surface area contributed by atoms with E-state index >= 15 is 0 Å². The van der Waals surface area contributed by atoms with Gasteiger partial charge in [-0.15, -0.1) is 0 Å². The minimum absolute atomic E-state index is 0.910. The first-order valence-corrected chi connectivity index (χ1v) is 4.00. The lowest BCUT2D eigenvalue weighted by Gasteiger charge is -1.94. The van der Waals surface area contributed by atoms with E-state index in [-0.39, 0.29) is 0 Å². The Hall–Kier alpha value is -1.05. The molecular formula is C9H11NO. The molecule has 0 amide bonds. The third kappa shape index (κ3) is 1.50. The first-order valence-electron chi connectivity index (χ1n) is 4.00. The maximum absolute atomic E-state index is 5.21. The number of rotatable bonds is 2. The van der Waals surface area contributed by atoms with Gasteiger partial charge < -0.3 is 4.42 Å². The smallest absolute Gasteiger partial charge is 0.109 e. The Morgan fingerprint density at radius 1 is 1.55 bits per heavy atom. The molecule has 0 saturated heterocycles. The summed E-state index contributed by atoms with van der Waals surface area (Å²) in [7, 11) is 0. The van der Waals surface area contributed by atoms with Crippen molar-refractivity contribution >= 4 is 5.71 Å². The standard InChI is InChI=1S/C9H11NO/c1-3-8(10-5-1)7-9-4-2-6-11-9/h2,4,6H,1,3,5,7H2. The molecule has 0 unspecified atom stereocenters. The monoisotopic (exact) mass is 149 g/mol. The Balaban J connectivity index is 2.00. The van der Waals surface area contributed by atoms with Crippen LogP contribution in [0.4, 0.5) is 0 Å². The lowest BCUT2D eigenvalue weighted by Crippen LogP contribution is -1.96. The molecule has 1 aliphatic rings. The predicted molar refractivity (Wildman–Crippen MR) is 43.9 cm³/mol. The second-order valence-electron chi connectivity index (χ2n) is 2.81. The fraction of sp³-hybridized carbons (Fsp3) is 0.444. The Morgan fingerprint density at radius 3 is 3.18 bits per heavy atom. The van der Waals surface area contributed by atoms with Crippen LogP contribution in [0.2, 0.25) is 0 Å². The van der Waals surface area contributed by atoms with Gasteiger partial charge in [0.1, 0.15) is 5.76 Å². The molecule has 0 fully saturated rings. The fourth-order valence-electron chi connectivity index (χ4n) is 1.36. The van der Waals surface area contributed by atoms with Crippen molar-refractivity contribution in [2.75, 3.05) is 6.54 Å². The van der Waals surface area contributed by atoms with E-state index in [4.69, 9.17) is 4.42 Å². The molecule has 0 aliphatic carbocycles. The summed E-state index contributed by atoms with van der Waals surface area (Å²) in [5.74, 6) is 1.03. The van der Waals surface area contributed by atoms with E-state index in [0.29, 0.717) is 0 Å². The highest BCUT2D eigenvalue weighted by Gasteiger charge is 2.07. The first kappa shape index (κ1) is 6.65. The van der Waals surface area contributed by atoms with Crippen LogP contribution < -0.4 is 0 Å². The average Bonchev–Trinajstić information content (AvgIpc) is 2.60. The number of hydrogen-bond donors (Lipinski definition) is 0. The summed E-state index contributed by atoms with van der Waals surface area (Å²) >= 11 is 0. The number of hydrogen-bond acceptors (Lipinski definition) is 2. The maximum Gasteiger partial charge on any atom is 0.109 e. The molecule has 2 heteroatoms. The van der Waals surface area contributed by atoms with Crippen molar-refractivity contribution in [1.29, 1.82) is 0 Å². The minimum Gasteiger partial charge on any atom is -0.469 e. The topological polar surface area (TPSA) is 25.5 Å². The summed E-state index contributed by atoms with van der Waals surface area (Å²) in [5, 5.41) is 0. The molecule has 2 rings (SSSR count). The third-order valence-electron chi connectivity index (χ3n) is 1.92. The molecule has 2 nitrogen and oxygen atoms in total. The molecule has 0 aromatic carbocycles. The Bertz CT molecular complexity index is 249. The van der Waals surface area contributed by atoms with E-state index in [1.54, 1.807) is 6.26 Å². The van der Waals surface area contributed by atoms with Gasteiger partial charge in [0.05, 0.1) is 6.26 Å². The SMILES string of the molecule is c1coc(CC2=NCCC2)c1. The zero-order chi connectivity index (χ0) is 7.52. The fourth-order valence-corrected chi connectivity index (χ4v) is 1.36. The molecular weight excluding hydrogens is 138 g/mol.